The molecule has 1 saturated heterocycles. The van der Waals surface area contributed by atoms with E-state index in [0.717, 1.165) is 30.3 Å². The smallest absolute Gasteiger partial charge is 0.232 e. The molecule has 3 amide bonds. The van der Waals surface area contributed by atoms with Gasteiger partial charge in [0.1, 0.15) is 6.10 Å². The van der Waals surface area contributed by atoms with Gasteiger partial charge in [-0.2, -0.15) is 0 Å². The fraction of sp³-hybridized carbons (Fsp3) is 0.914. The number of carbonyl (C=O) groups excluding carboxylic acids is 3. The number of rotatable bonds is 19. The SMILES string of the molecule is CC.CC.CC(C)CCOC(C)(C)C.CC(C)OCCC(C)(C)OCC(O)COCCCNC(=O)CCN1C(=O)CC(C)C1=O. The monoisotopic (exact) mass is 649 g/mol. The summed E-state index contributed by atoms with van der Waals surface area (Å²) in [6.07, 6.45) is 2.27. The van der Waals surface area contributed by atoms with E-state index in [-0.39, 0.29) is 73.5 Å². The lowest BCUT2D eigenvalue weighted by Crippen LogP contribution is -2.35. The van der Waals surface area contributed by atoms with E-state index in [2.05, 4.69) is 39.9 Å². The van der Waals surface area contributed by atoms with Crippen molar-refractivity contribution in [2.75, 3.05) is 46.1 Å². The van der Waals surface area contributed by atoms with Crippen LogP contribution in [0.15, 0.2) is 0 Å². The minimum atomic E-state index is -0.724. The van der Waals surface area contributed by atoms with E-state index in [4.69, 9.17) is 18.9 Å². The van der Waals surface area contributed by atoms with Gasteiger partial charge in [0.2, 0.25) is 17.7 Å². The summed E-state index contributed by atoms with van der Waals surface area (Å²) in [7, 11) is 0. The number of imide groups is 1. The molecule has 45 heavy (non-hydrogen) atoms. The first-order valence-corrected chi connectivity index (χ1v) is 17.2. The van der Waals surface area contributed by atoms with Gasteiger partial charge in [0.15, 0.2) is 0 Å². The molecule has 1 heterocycles. The minimum absolute atomic E-state index is 0.0366. The van der Waals surface area contributed by atoms with Crippen molar-refractivity contribution in [1.82, 2.24) is 10.2 Å². The number of hydrogen-bond donors (Lipinski definition) is 2. The third-order valence-corrected chi connectivity index (χ3v) is 6.18. The molecule has 0 aromatic heterocycles. The molecule has 0 saturated carbocycles. The lowest BCUT2D eigenvalue weighted by atomic mass is 10.1. The molecule has 2 N–H and O–H groups in total. The lowest BCUT2D eigenvalue weighted by molar-refractivity contribution is -0.139. The molecule has 0 bridgehead atoms. The molecule has 1 fully saturated rings. The average molecular weight is 649 g/mol. The summed E-state index contributed by atoms with van der Waals surface area (Å²) in [5.41, 5.74) is -0.350. The minimum Gasteiger partial charge on any atom is -0.388 e. The van der Waals surface area contributed by atoms with Crippen LogP contribution >= 0.6 is 0 Å². The number of hydrogen-bond acceptors (Lipinski definition) is 8. The quantitative estimate of drug-likeness (QED) is 0.126. The first kappa shape index (κ1) is 47.8. The summed E-state index contributed by atoms with van der Waals surface area (Å²) >= 11 is 0. The number of ether oxygens (including phenoxy) is 4. The standard InChI is InChI=1S/C22H40N2O7.C9H20O.2C2H6/c1-16(2)30-12-8-22(4,5)31-15-18(25)14-29-11-6-9-23-19(26)7-10-24-20(27)13-17(3)21(24)28;1-8(2)6-7-10-9(3,4)5;2*1-2/h16-18,25H,6-15H2,1-5H3,(H,23,26);8H,6-7H2,1-5H3;2*1-2H3. The molecule has 270 valence electrons. The number of nitrogens with zero attached hydrogens (tertiary/aromatic N) is 1. The van der Waals surface area contributed by atoms with Crippen LogP contribution in [-0.4, -0.2) is 97.3 Å². The van der Waals surface area contributed by atoms with Crippen molar-refractivity contribution in [3.8, 4) is 0 Å². The highest BCUT2D eigenvalue weighted by atomic mass is 16.5. The van der Waals surface area contributed by atoms with Crippen LogP contribution in [0.1, 0.15) is 129 Å². The molecular weight excluding hydrogens is 576 g/mol. The maximum absolute atomic E-state index is 11.9. The molecular formula is C35H72N2O8. The molecule has 0 aromatic rings. The van der Waals surface area contributed by atoms with Gasteiger partial charge in [-0.05, 0) is 73.6 Å². The van der Waals surface area contributed by atoms with Crippen molar-refractivity contribution < 1.29 is 38.4 Å². The zero-order valence-electron chi connectivity index (χ0n) is 31.5. The average Bonchev–Trinajstić information content (AvgIpc) is 3.19. The third-order valence-electron chi connectivity index (χ3n) is 6.18. The molecule has 1 aliphatic rings. The zero-order valence-corrected chi connectivity index (χ0v) is 31.5. The lowest BCUT2D eigenvalue weighted by Gasteiger charge is -2.27. The molecule has 10 nitrogen and oxygen atoms in total. The largest absolute Gasteiger partial charge is 0.388 e. The van der Waals surface area contributed by atoms with Crippen molar-refractivity contribution in [3.05, 3.63) is 0 Å². The fourth-order valence-electron chi connectivity index (χ4n) is 3.59. The van der Waals surface area contributed by atoms with E-state index in [0.29, 0.717) is 26.2 Å². The van der Waals surface area contributed by atoms with E-state index in [9.17, 15) is 19.5 Å². The van der Waals surface area contributed by atoms with Gasteiger partial charge in [0, 0.05) is 51.7 Å². The normalized spacial score (nSPS) is 15.6. The van der Waals surface area contributed by atoms with Crippen molar-refractivity contribution >= 4 is 17.7 Å². The Hall–Kier alpha value is -1.59. The van der Waals surface area contributed by atoms with Crippen molar-refractivity contribution in [3.63, 3.8) is 0 Å². The summed E-state index contributed by atoms with van der Waals surface area (Å²) in [5, 5.41) is 12.7. The molecule has 10 heteroatoms. The van der Waals surface area contributed by atoms with Crippen molar-refractivity contribution in [2.24, 2.45) is 11.8 Å². The van der Waals surface area contributed by atoms with E-state index in [1.807, 2.05) is 55.4 Å². The Morgan fingerprint density at radius 1 is 0.956 bits per heavy atom. The van der Waals surface area contributed by atoms with Gasteiger partial charge in [-0.1, -0.05) is 48.5 Å². The van der Waals surface area contributed by atoms with Crippen LogP contribution in [0.3, 0.4) is 0 Å². The van der Waals surface area contributed by atoms with Gasteiger partial charge >= 0.3 is 0 Å². The van der Waals surface area contributed by atoms with Crippen LogP contribution in [0.4, 0.5) is 0 Å². The van der Waals surface area contributed by atoms with Gasteiger partial charge in [-0.15, -0.1) is 0 Å². The highest BCUT2D eigenvalue weighted by Crippen LogP contribution is 2.19. The Morgan fingerprint density at radius 3 is 2.04 bits per heavy atom. The van der Waals surface area contributed by atoms with Crippen molar-refractivity contribution in [2.45, 2.75) is 152 Å². The van der Waals surface area contributed by atoms with E-state index in [1.165, 1.54) is 0 Å². The highest BCUT2D eigenvalue weighted by Gasteiger charge is 2.35. The zero-order chi connectivity index (χ0) is 35.6. The van der Waals surface area contributed by atoms with Crippen LogP contribution in [0.2, 0.25) is 0 Å². The van der Waals surface area contributed by atoms with Gasteiger partial charge in [-0.3, -0.25) is 19.3 Å². The van der Waals surface area contributed by atoms with Crippen LogP contribution in [-0.2, 0) is 33.3 Å². The Bertz CT molecular complexity index is 750. The van der Waals surface area contributed by atoms with Crippen LogP contribution in [0, 0.1) is 11.8 Å². The summed E-state index contributed by atoms with van der Waals surface area (Å²) in [5.74, 6) is -0.174. The molecule has 2 unspecified atom stereocenters. The van der Waals surface area contributed by atoms with Crippen molar-refractivity contribution in [1.29, 1.82) is 0 Å². The summed E-state index contributed by atoms with van der Waals surface area (Å²) < 4.78 is 22.3. The predicted octanol–water partition coefficient (Wildman–Crippen LogP) is 6.17. The van der Waals surface area contributed by atoms with E-state index >= 15 is 0 Å². The van der Waals surface area contributed by atoms with Crippen LogP contribution in [0.25, 0.3) is 0 Å². The summed E-state index contributed by atoms with van der Waals surface area (Å²) in [6, 6.07) is 0. The topological polar surface area (TPSA) is 124 Å². The van der Waals surface area contributed by atoms with Gasteiger partial charge in [0.25, 0.3) is 0 Å². The van der Waals surface area contributed by atoms with E-state index in [1.54, 1.807) is 6.92 Å². The second-order valence-corrected chi connectivity index (χ2v) is 13.1. The molecule has 0 spiro atoms. The number of amides is 3. The van der Waals surface area contributed by atoms with Gasteiger partial charge in [-0.25, -0.2) is 0 Å². The summed E-state index contributed by atoms with van der Waals surface area (Å²) in [4.78, 5) is 36.5. The predicted molar refractivity (Wildman–Crippen MR) is 183 cm³/mol. The first-order chi connectivity index (χ1) is 20.9. The Balaban J connectivity index is -0.00000106. The first-order valence-electron chi connectivity index (χ1n) is 17.2. The molecule has 1 aliphatic heterocycles. The fourth-order valence-corrected chi connectivity index (χ4v) is 3.59. The Morgan fingerprint density at radius 2 is 1.56 bits per heavy atom. The van der Waals surface area contributed by atoms with E-state index < -0.39 is 6.10 Å². The molecule has 1 rings (SSSR count). The third kappa shape index (κ3) is 29.6. The second kappa shape index (κ2) is 27.5. The molecule has 0 aromatic carbocycles. The maximum atomic E-state index is 11.9. The van der Waals surface area contributed by atoms with Gasteiger partial charge in [0.05, 0.1) is 30.5 Å². The van der Waals surface area contributed by atoms with Crippen LogP contribution < -0.4 is 5.32 Å². The number of aliphatic hydroxyl groups excluding tert-OH is 1. The Kier molecular flexibility index (Phi) is 29.2. The van der Waals surface area contributed by atoms with Gasteiger partial charge < -0.3 is 29.4 Å². The maximum Gasteiger partial charge on any atom is 0.232 e. The van der Waals surface area contributed by atoms with Crippen LogP contribution in [0.5, 0.6) is 0 Å². The Labute approximate surface area is 276 Å². The number of nitrogens with one attached hydrogen (secondary N) is 1. The summed E-state index contributed by atoms with van der Waals surface area (Å²) in [6.45, 7) is 31.1. The number of carbonyl (C=O) groups is 3. The molecule has 0 radical (unpaired) electrons. The second-order valence-electron chi connectivity index (χ2n) is 13.1. The number of aliphatic hydroxyl groups is 1. The number of likely N-dealkylation sites (tertiary alicyclic amines) is 1. The highest BCUT2D eigenvalue weighted by molar-refractivity contribution is 6.03. The molecule has 2 atom stereocenters. The molecule has 0 aliphatic carbocycles.